The molecule has 0 fully saturated rings. The Morgan fingerprint density at radius 3 is 2.63 bits per heavy atom. The first-order valence-corrected chi connectivity index (χ1v) is 8.64. The summed E-state index contributed by atoms with van der Waals surface area (Å²) < 4.78 is 40.9. The molecule has 1 aromatic carbocycles. The smallest absolute Gasteiger partial charge is 0.318 e. The summed E-state index contributed by atoms with van der Waals surface area (Å²) >= 11 is 2.82. The van der Waals surface area contributed by atoms with E-state index in [9.17, 15) is 18.0 Å². The number of aromatic nitrogens is 4. The van der Waals surface area contributed by atoms with Crippen LogP contribution >= 0.6 is 15.9 Å². The second-order valence-corrected chi connectivity index (χ2v) is 6.73. The van der Waals surface area contributed by atoms with Crippen LogP contribution in [0.15, 0.2) is 41.1 Å². The highest BCUT2D eigenvalue weighted by Gasteiger charge is 2.39. The Morgan fingerprint density at radius 1 is 1.30 bits per heavy atom. The summed E-state index contributed by atoms with van der Waals surface area (Å²) in [5, 5.41) is 10.1. The SMILES string of the molecule is Cc1ccccc1Cn1cc(NC(=O)c2c(Br)c(C(F)(F)F)nn2C)cn1. The van der Waals surface area contributed by atoms with Gasteiger partial charge in [-0.3, -0.25) is 14.2 Å². The van der Waals surface area contributed by atoms with Crippen LogP contribution in [0, 0.1) is 6.92 Å². The van der Waals surface area contributed by atoms with Gasteiger partial charge in [0.05, 0.1) is 22.9 Å². The Balaban J connectivity index is 1.77. The number of nitrogens with zero attached hydrogens (tertiary/aromatic N) is 4. The topological polar surface area (TPSA) is 64.7 Å². The van der Waals surface area contributed by atoms with E-state index >= 15 is 0 Å². The number of alkyl halides is 3. The van der Waals surface area contributed by atoms with Gasteiger partial charge >= 0.3 is 6.18 Å². The van der Waals surface area contributed by atoms with Gasteiger partial charge < -0.3 is 5.32 Å². The zero-order valence-electron chi connectivity index (χ0n) is 14.4. The molecule has 3 rings (SSSR count). The molecular formula is C17H15BrF3N5O. The zero-order valence-corrected chi connectivity index (χ0v) is 16.0. The fourth-order valence-electron chi connectivity index (χ4n) is 2.59. The lowest BCUT2D eigenvalue weighted by Crippen LogP contribution is -2.16. The van der Waals surface area contributed by atoms with Crippen LogP contribution in [-0.2, 0) is 19.8 Å². The van der Waals surface area contributed by atoms with Crippen molar-refractivity contribution in [2.45, 2.75) is 19.6 Å². The number of amides is 1. The van der Waals surface area contributed by atoms with Gasteiger partial charge in [-0.2, -0.15) is 23.4 Å². The van der Waals surface area contributed by atoms with Crippen molar-refractivity contribution < 1.29 is 18.0 Å². The van der Waals surface area contributed by atoms with Crippen molar-refractivity contribution in [2.75, 3.05) is 5.32 Å². The van der Waals surface area contributed by atoms with E-state index in [1.54, 1.807) is 10.9 Å². The maximum absolute atomic E-state index is 12.9. The van der Waals surface area contributed by atoms with Crippen LogP contribution in [0.3, 0.4) is 0 Å². The molecule has 0 aliphatic heterocycles. The van der Waals surface area contributed by atoms with Crippen molar-refractivity contribution in [3.05, 3.63) is 63.6 Å². The number of benzene rings is 1. The summed E-state index contributed by atoms with van der Waals surface area (Å²) in [6.07, 6.45) is -1.61. The van der Waals surface area contributed by atoms with Crippen molar-refractivity contribution in [3.63, 3.8) is 0 Å². The lowest BCUT2D eigenvalue weighted by atomic mass is 10.1. The summed E-state index contributed by atoms with van der Waals surface area (Å²) in [7, 11) is 1.27. The highest BCUT2D eigenvalue weighted by Crippen LogP contribution is 2.35. The fourth-order valence-corrected chi connectivity index (χ4v) is 3.33. The average Bonchev–Trinajstić information content (AvgIpc) is 3.13. The van der Waals surface area contributed by atoms with Crippen LogP contribution in [-0.4, -0.2) is 25.5 Å². The molecule has 10 heteroatoms. The number of hydrogen-bond acceptors (Lipinski definition) is 3. The third-order valence-electron chi connectivity index (χ3n) is 3.96. The quantitative estimate of drug-likeness (QED) is 0.665. The predicted molar refractivity (Wildman–Crippen MR) is 96.4 cm³/mol. The lowest BCUT2D eigenvalue weighted by Gasteiger charge is -2.06. The Hall–Kier alpha value is -2.62. The van der Waals surface area contributed by atoms with Gasteiger partial charge in [0.25, 0.3) is 5.91 Å². The lowest BCUT2D eigenvalue weighted by molar-refractivity contribution is -0.142. The third-order valence-corrected chi connectivity index (χ3v) is 4.71. The van der Waals surface area contributed by atoms with E-state index in [-0.39, 0.29) is 5.69 Å². The Kier molecular flexibility index (Phi) is 5.09. The first-order valence-electron chi connectivity index (χ1n) is 7.85. The molecule has 0 radical (unpaired) electrons. The number of carbonyl (C=O) groups is 1. The van der Waals surface area contributed by atoms with Crippen molar-refractivity contribution >= 4 is 27.5 Å². The monoisotopic (exact) mass is 441 g/mol. The number of rotatable bonds is 4. The molecule has 0 bridgehead atoms. The Morgan fingerprint density at radius 2 is 2.00 bits per heavy atom. The predicted octanol–water partition coefficient (Wildman–Crippen LogP) is 4.01. The number of hydrogen-bond donors (Lipinski definition) is 1. The van der Waals surface area contributed by atoms with Crippen molar-refractivity contribution in [1.29, 1.82) is 0 Å². The average molecular weight is 442 g/mol. The minimum atomic E-state index is -4.66. The second-order valence-electron chi connectivity index (χ2n) is 5.94. The van der Waals surface area contributed by atoms with E-state index in [1.807, 2.05) is 31.2 Å². The van der Waals surface area contributed by atoms with Crippen molar-refractivity contribution in [3.8, 4) is 0 Å². The molecule has 6 nitrogen and oxygen atoms in total. The third kappa shape index (κ3) is 4.05. The first-order chi connectivity index (χ1) is 12.7. The van der Waals surface area contributed by atoms with Gasteiger partial charge in [0.15, 0.2) is 5.69 Å². The molecule has 1 amide bonds. The number of nitrogens with one attached hydrogen (secondary N) is 1. The molecule has 0 aliphatic rings. The summed E-state index contributed by atoms with van der Waals surface area (Å²) in [6, 6.07) is 7.82. The fraction of sp³-hybridized carbons (Fsp3) is 0.235. The number of halogens is 4. The molecule has 1 N–H and O–H groups in total. The molecule has 2 aromatic heterocycles. The van der Waals surface area contributed by atoms with Crippen molar-refractivity contribution in [2.24, 2.45) is 7.05 Å². The van der Waals surface area contributed by atoms with Crippen LogP contribution in [0.2, 0.25) is 0 Å². The van der Waals surface area contributed by atoms with E-state index in [1.165, 1.54) is 13.2 Å². The molecule has 0 spiro atoms. The number of anilines is 1. The van der Waals surface area contributed by atoms with E-state index in [0.29, 0.717) is 12.2 Å². The summed E-state index contributed by atoms with van der Waals surface area (Å²) in [5.41, 5.74) is 1.18. The van der Waals surface area contributed by atoms with Gasteiger partial charge in [-0.25, -0.2) is 0 Å². The highest BCUT2D eigenvalue weighted by atomic mass is 79.9. The van der Waals surface area contributed by atoms with E-state index in [4.69, 9.17) is 0 Å². The maximum Gasteiger partial charge on any atom is 0.436 e. The van der Waals surface area contributed by atoms with Crippen LogP contribution in [0.4, 0.5) is 18.9 Å². The molecular weight excluding hydrogens is 427 g/mol. The summed E-state index contributed by atoms with van der Waals surface area (Å²) in [5.74, 6) is -0.720. The van der Waals surface area contributed by atoms with E-state index in [2.05, 4.69) is 31.4 Å². The van der Waals surface area contributed by atoms with Gasteiger partial charge in [0.2, 0.25) is 0 Å². The van der Waals surface area contributed by atoms with Crippen molar-refractivity contribution in [1.82, 2.24) is 19.6 Å². The molecule has 0 saturated heterocycles. The minimum absolute atomic E-state index is 0.228. The van der Waals surface area contributed by atoms with Crippen LogP contribution in [0.25, 0.3) is 0 Å². The van der Waals surface area contributed by atoms with Crippen LogP contribution < -0.4 is 5.32 Å². The molecule has 0 saturated carbocycles. The molecule has 0 aliphatic carbocycles. The van der Waals surface area contributed by atoms with Gasteiger partial charge in [0, 0.05) is 13.2 Å². The second kappa shape index (κ2) is 7.18. The maximum atomic E-state index is 12.9. The Labute approximate surface area is 161 Å². The molecule has 0 atom stereocenters. The van der Waals surface area contributed by atoms with E-state index < -0.39 is 22.3 Å². The minimum Gasteiger partial charge on any atom is -0.318 e. The molecule has 2 heterocycles. The normalized spacial score (nSPS) is 11.6. The summed E-state index contributed by atoms with van der Waals surface area (Å²) in [4.78, 5) is 12.4. The number of carbonyl (C=O) groups excluding carboxylic acids is 1. The van der Waals surface area contributed by atoms with E-state index in [0.717, 1.165) is 15.8 Å². The van der Waals surface area contributed by atoms with Gasteiger partial charge in [-0.15, -0.1) is 0 Å². The summed E-state index contributed by atoms with van der Waals surface area (Å²) in [6.45, 7) is 2.50. The molecule has 3 aromatic rings. The largest absolute Gasteiger partial charge is 0.436 e. The van der Waals surface area contributed by atoms with Gasteiger partial charge in [-0.05, 0) is 34.0 Å². The first kappa shape index (κ1) is 19.2. The van der Waals surface area contributed by atoms with Gasteiger partial charge in [-0.1, -0.05) is 24.3 Å². The van der Waals surface area contributed by atoms with Crippen LogP contribution in [0.5, 0.6) is 0 Å². The molecule has 27 heavy (non-hydrogen) atoms. The molecule has 0 unspecified atom stereocenters. The standard InChI is InChI=1S/C17H15BrF3N5O/c1-10-5-3-4-6-11(10)8-26-9-12(7-22-26)23-16(27)14-13(18)15(17(19,20)21)24-25(14)2/h3-7,9H,8H2,1-2H3,(H,23,27). The van der Waals surface area contributed by atoms with Crippen LogP contribution in [0.1, 0.15) is 27.3 Å². The van der Waals surface area contributed by atoms with Gasteiger partial charge in [0.1, 0.15) is 5.69 Å². The Bertz CT molecular complexity index is 993. The molecule has 142 valence electrons. The highest BCUT2D eigenvalue weighted by molar-refractivity contribution is 9.10. The number of aryl methyl sites for hydroxylation is 2. The zero-order chi connectivity index (χ0) is 19.8.